The van der Waals surface area contributed by atoms with Gasteiger partial charge < -0.3 is 9.51 Å². The van der Waals surface area contributed by atoms with Crippen LogP contribution in [0.3, 0.4) is 0 Å². The number of pyridine rings is 1. The summed E-state index contributed by atoms with van der Waals surface area (Å²) in [5, 5.41) is 8.65. The molecule has 2 heterocycles. The average molecular weight is 230 g/mol. The third kappa shape index (κ3) is 1.71. The Morgan fingerprint density at radius 2 is 2.12 bits per heavy atom. The maximum Gasteiger partial charge on any atom is 0.434 e. The van der Waals surface area contributed by atoms with Crippen LogP contribution < -0.4 is 0 Å². The molecule has 0 unspecified atom stereocenters. The molecule has 2 aromatic rings. The largest absolute Gasteiger partial charge is 0.478 e. The van der Waals surface area contributed by atoms with Gasteiger partial charge in [0.2, 0.25) is 0 Å². The van der Waals surface area contributed by atoms with E-state index in [0.717, 1.165) is 16.7 Å². The van der Waals surface area contributed by atoms with Crippen molar-refractivity contribution in [2.24, 2.45) is 0 Å². The fourth-order valence-electron chi connectivity index (χ4n) is 1.25. The lowest BCUT2D eigenvalue weighted by Crippen LogP contribution is -2.04. The molecule has 0 amide bonds. The summed E-state index contributed by atoms with van der Waals surface area (Å²) in [6, 6.07) is 2.29. The second-order valence-electron chi connectivity index (χ2n) is 3.11. The van der Waals surface area contributed by atoms with E-state index in [1.165, 1.54) is 12.3 Å². The van der Waals surface area contributed by atoms with Gasteiger partial charge in [-0.15, -0.1) is 0 Å². The number of alkyl halides is 3. The molecule has 2 aromatic heterocycles. The van der Waals surface area contributed by atoms with Crippen molar-refractivity contribution in [3.05, 3.63) is 35.8 Å². The van der Waals surface area contributed by atoms with Crippen LogP contribution in [0.1, 0.15) is 16.1 Å². The number of carboxylic acid groups (broad SMARTS) is 1. The van der Waals surface area contributed by atoms with Crippen molar-refractivity contribution >= 4 is 11.6 Å². The minimum atomic E-state index is -4.53. The molecule has 0 aliphatic carbocycles. The van der Waals surface area contributed by atoms with E-state index in [2.05, 4.69) is 4.98 Å². The molecular weight excluding hydrogens is 225 g/mol. The number of aromatic carboxylic acids is 1. The third-order valence-electron chi connectivity index (χ3n) is 2.00. The molecule has 0 fully saturated rings. The Labute approximate surface area is 87.0 Å². The van der Waals surface area contributed by atoms with Crippen molar-refractivity contribution in [2.45, 2.75) is 6.18 Å². The first-order valence-electron chi connectivity index (χ1n) is 4.17. The molecule has 0 aliphatic heterocycles. The molecule has 0 radical (unpaired) electrons. The standard InChI is InChI=1S/C9H5F3N2O2/c10-9(11,12)6-4-14-2-1-5(8(15)16)3-7(14)13-6/h1-4H,(H,15,16). The molecule has 2 rings (SSSR count). The third-order valence-corrected chi connectivity index (χ3v) is 2.00. The normalized spacial score (nSPS) is 11.9. The Kier molecular flexibility index (Phi) is 2.11. The highest BCUT2D eigenvalue weighted by molar-refractivity contribution is 5.88. The summed E-state index contributed by atoms with van der Waals surface area (Å²) in [5.41, 5.74) is -1.20. The maximum atomic E-state index is 12.3. The first-order valence-corrected chi connectivity index (χ1v) is 4.17. The van der Waals surface area contributed by atoms with Crippen LogP contribution in [0.15, 0.2) is 24.5 Å². The molecule has 0 saturated heterocycles. The number of carbonyl (C=O) groups is 1. The fourth-order valence-corrected chi connectivity index (χ4v) is 1.25. The van der Waals surface area contributed by atoms with Crippen LogP contribution in [0.2, 0.25) is 0 Å². The van der Waals surface area contributed by atoms with E-state index in [0.29, 0.717) is 0 Å². The predicted octanol–water partition coefficient (Wildman–Crippen LogP) is 2.05. The minimum Gasteiger partial charge on any atom is -0.478 e. The number of hydrogen-bond acceptors (Lipinski definition) is 2. The Morgan fingerprint density at radius 3 is 2.69 bits per heavy atom. The van der Waals surface area contributed by atoms with E-state index in [4.69, 9.17) is 5.11 Å². The zero-order valence-electron chi connectivity index (χ0n) is 7.69. The highest BCUT2D eigenvalue weighted by Gasteiger charge is 2.33. The number of halogens is 3. The van der Waals surface area contributed by atoms with Gasteiger partial charge in [0.15, 0.2) is 5.69 Å². The van der Waals surface area contributed by atoms with Crippen molar-refractivity contribution in [3.63, 3.8) is 0 Å². The number of fused-ring (bicyclic) bond motifs is 1. The van der Waals surface area contributed by atoms with Crippen LogP contribution in [0.25, 0.3) is 5.65 Å². The van der Waals surface area contributed by atoms with Gasteiger partial charge in [0, 0.05) is 12.4 Å². The average Bonchev–Trinajstić information content (AvgIpc) is 2.58. The molecule has 4 nitrogen and oxygen atoms in total. The van der Waals surface area contributed by atoms with Gasteiger partial charge in [-0.3, -0.25) is 0 Å². The summed E-state index contributed by atoms with van der Waals surface area (Å²) in [6.45, 7) is 0. The van der Waals surface area contributed by atoms with Gasteiger partial charge >= 0.3 is 12.1 Å². The van der Waals surface area contributed by atoms with E-state index in [9.17, 15) is 18.0 Å². The monoisotopic (exact) mass is 230 g/mol. The molecule has 0 atom stereocenters. The first kappa shape index (κ1) is 10.5. The lowest BCUT2D eigenvalue weighted by molar-refractivity contribution is -0.140. The fraction of sp³-hybridized carbons (Fsp3) is 0.111. The van der Waals surface area contributed by atoms with Gasteiger partial charge in [-0.2, -0.15) is 13.2 Å². The molecular formula is C9H5F3N2O2. The second-order valence-corrected chi connectivity index (χ2v) is 3.11. The molecule has 0 spiro atoms. The van der Waals surface area contributed by atoms with E-state index in [1.807, 2.05) is 0 Å². The van der Waals surface area contributed by atoms with Gasteiger partial charge in [-0.05, 0) is 12.1 Å². The van der Waals surface area contributed by atoms with E-state index >= 15 is 0 Å². The predicted molar refractivity (Wildman–Crippen MR) is 47.2 cm³/mol. The number of hydrogen-bond donors (Lipinski definition) is 1. The number of carboxylic acids is 1. The van der Waals surface area contributed by atoms with E-state index in [1.54, 1.807) is 0 Å². The summed E-state index contributed by atoms with van der Waals surface area (Å²) < 4.78 is 38.0. The van der Waals surface area contributed by atoms with Gasteiger partial charge in [0.25, 0.3) is 0 Å². The molecule has 0 bridgehead atoms. The smallest absolute Gasteiger partial charge is 0.434 e. The van der Waals surface area contributed by atoms with Crippen molar-refractivity contribution in [1.29, 1.82) is 0 Å². The number of rotatable bonds is 1. The van der Waals surface area contributed by atoms with Gasteiger partial charge in [0.05, 0.1) is 5.56 Å². The molecule has 0 aliphatic rings. The summed E-state index contributed by atoms with van der Waals surface area (Å²) in [7, 11) is 0. The highest BCUT2D eigenvalue weighted by atomic mass is 19.4. The Bertz CT molecular complexity index is 559. The van der Waals surface area contributed by atoms with Gasteiger partial charge in [0.1, 0.15) is 5.65 Å². The number of nitrogens with zero attached hydrogens (tertiary/aromatic N) is 2. The molecule has 84 valence electrons. The maximum absolute atomic E-state index is 12.3. The highest BCUT2D eigenvalue weighted by Crippen LogP contribution is 2.28. The van der Waals surface area contributed by atoms with Crippen LogP contribution in [0.4, 0.5) is 13.2 Å². The topological polar surface area (TPSA) is 54.6 Å². The first-order chi connectivity index (χ1) is 7.38. The summed E-state index contributed by atoms with van der Waals surface area (Å²) in [4.78, 5) is 13.9. The van der Waals surface area contributed by atoms with Crippen molar-refractivity contribution in [3.8, 4) is 0 Å². The SMILES string of the molecule is O=C(O)c1ccn2cc(C(F)(F)F)nc2c1. The van der Waals surface area contributed by atoms with E-state index < -0.39 is 17.8 Å². The summed E-state index contributed by atoms with van der Waals surface area (Å²) in [5.74, 6) is -1.21. The van der Waals surface area contributed by atoms with Gasteiger partial charge in [-0.25, -0.2) is 9.78 Å². The Hall–Kier alpha value is -2.05. The van der Waals surface area contributed by atoms with E-state index in [-0.39, 0.29) is 11.2 Å². The molecule has 7 heteroatoms. The Morgan fingerprint density at radius 1 is 1.44 bits per heavy atom. The molecule has 0 saturated carbocycles. The van der Waals surface area contributed by atoms with Crippen molar-refractivity contribution in [2.75, 3.05) is 0 Å². The zero-order chi connectivity index (χ0) is 11.9. The second kappa shape index (κ2) is 3.22. The summed E-state index contributed by atoms with van der Waals surface area (Å²) >= 11 is 0. The van der Waals surface area contributed by atoms with Crippen molar-refractivity contribution < 1.29 is 23.1 Å². The number of imidazole rings is 1. The quantitative estimate of drug-likeness (QED) is 0.815. The van der Waals surface area contributed by atoms with Crippen LogP contribution in [-0.4, -0.2) is 20.5 Å². The lowest BCUT2D eigenvalue weighted by atomic mass is 10.3. The molecule has 1 N–H and O–H groups in total. The molecule has 16 heavy (non-hydrogen) atoms. The Balaban J connectivity index is 2.59. The lowest BCUT2D eigenvalue weighted by Gasteiger charge is -1.98. The van der Waals surface area contributed by atoms with Crippen molar-refractivity contribution in [1.82, 2.24) is 9.38 Å². The van der Waals surface area contributed by atoms with Crippen LogP contribution in [0.5, 0.6) is 0 Å². The van der Waals surface area contributed by atoms with Gasteiger partial charge in [-0.1, -0.05) is 0 Å². The van der Waals surface area contributed by atoms with Crippen LogP contribution >= 0.6 is 0 Å². The summed E-state index contributed by atoms with van der Waals surface area (Å²) in [6.07, 6.45) is -2.50. The van der Waals surface area contributed by atoms with Crippen LogP contribution in [-0.2, 0) is 6.18 Å². The van der Waals surface area contributed by atoms with Crippen LogP contribution in [0, 0.1) is 0 Å². The minimum absolute atomic E-state index is 0.0489. The number of aromatic nitrogens is 2. The molecule has 0 aromatic carbocycles. The zero-order valence-corrected chi connectivity index (χ0v) is 7.69.